The van der Waals surface area contributed by atoms with Crippen LogP contribution in [0.3, 0.4) is 0 Å². The van der Waals surface area contributed by atoms with Crippen LogP contribution >= 0.6 is 15.9 Å². The molecule has 0 N–H and O–H groups in total. The van der Waals surface area contributed by atoms with Crippen molar-refractivity contribution in [2.75, 3.05) is 0 Å². The topological polar surface area (TPSA) is 61.2 Å². The standard InChI is InChI=1S/C18H13BrN2O3/c19-12-4-6-13(7-5-12)24-18(23)11-3-8-14-15(10-11)20-16-2-1-9-21(16)17(14)22/h3-8,10H,1-2,9H2. The van der Waals surface area contributed by atoms with Crippen molar-refractivity contribution in [3.8, 4) is 5.75 Å². The van der Waals surface area contributed by atoms with Crippen molar-refractivity contribution in [1.29, 1.82) is 0 Å². The van der Waals surface area contributed by atoms with E-state index in [4.69, 9.17) is 4.74 Å². The first-order valence-electron chi connectivity index (χ1n) is 7.63. The maximum Gasteiger partial charge on any atom is 0.343 e. The second-order valence-corrected chi connectivity index (χ2v) is 6.58. The number of nitrogens with zero attached hydrogens (tertiary/aromatic N) is 2. The second kappa shape index (κ2) is 5.87. The Kier molecular flexibility index (Phi) is 3.69. The van der Waals surface area contributed by atoms with Crippen LogP contribution in [0.15, 0.2) is 51.7 Å². The number of esters is 1. The number of carbonyl (C=O) groups is 1. The smallest absolute Gasteiger partial charge is 0.343 e. The third kappa shape index (κ3) is 2.63. The molecule has 0 radical (unpaired) electrons. The number of hydrogen-bond acceptors (Lipinski definition) is 4. The zero-order valence-electron chi connectivity index (χ0n) is 12.7. The van der Waals surface area contributed by atoms with Gasteiger partial charge in [0.25, 0.3) is 5.56 Å². The first-order chi connectivity index (χ1) is 11.6. The van der Waals surface area contributed by atoms with Gasteiger partial charge in [-0.1, -0.05) is 15.9 Å². The lowest BCUT2D eigenvalue weighted by Crippen LogP contribution is -2.21. The molecule has 2 aromatic carbocycles. The summed E-state index contributed by atoms with van der Waals surface area (Å²) in [6, 6.07) is 11.9. The predicted octanol–water partition coefficient (Wildman–Crippen LogP) is 3.32. The van der Waals surface area contributed by atoms with E-state index in [1.165, 1.54) is 0 Å². The fraction of sp³-hybridized carbons (Fsp3) is 0.167. The quantitative estimate of drug-likeness (QED) is 0.502. The SMILES string of the molecule is O=C(Oc1ccc(Br)cc1)c1ccc2c(=O)n3c(nc2c1)CCC3. The average molecular weight is 385 g/mol. The van der Waals surface area contributed by atoms with E-state index in [0.29, 0.717) is 28.8 Å². The van der Waals surface area contributed by atoms with Crippen LogP contribution < -0.4 is 10.3 Å². The Morgan fingerprint density at radius 3 is 2.75 bits per heavy atom. The van der Waals surface area contributed by atoms with Gasteiger partial charge < -0.3 is 4.74 Å². The normalized spacial score (nSPS) is 13.0. The lowest BCUT2D eigenvalue weighted by Gasteiger charge is -2.07. The van der Waals surface area contributed by atoms with Crippen LogP contribution in [-0.4, -0.2) is 15.5 Å². The van der Waals surface area contributed by atoms with Crippen LogP contribution in [0.1, 0.15) is 22.6 Å². The van der Waals surface area contributed by atoms with Crippen molar-refractivity contribution in [3.05, 3.63) is 68.7 Å². The molecule has 0 atom stereocenters. The molecule has 0 amide bonds. The number of benzene rings is 2. The summed E-state index contributed by atoms with van der Waals surface area (Å²) in [5, 5.41) is 0.529. The fourth-order valence-electron chi connectivity index (χ4n) is 2.88. The van der Waals surface area contributed by atoms with Crippen LogP contribution in [-0.2, 0) is 13.0 Å². The van der Waals surface area contributed by atoms with Crippen molar-refractivity contribution in [2.24, 2.45) is 0 Å². The Morgan fingerprint density at radius 2 is 1.96 bits per heavy atom. The molecule has 0 aliphatic carbocycles. The van der Waals surface area contributed by atoms with Gasteiger partial charge >= 0.3 is 5.97 Å². The van der Waals surface area contributed by atoms with Gasteiger partial charge in [-0.25, -0.2) is 9.78 Å². The van der Waals surface area contributed by atoms with E-state index in [9.17, 15) is 9.59 Å². The van der Waals surface area contributed by atoms with Gasteiger partial charge in [0.15, 0.2) is 0 Å². The lowest BCUT2D eigenvalue weighted by molar-refractivity contribution is 0.0735. The molecular formula is C18H13BrN2O3. The Balaban J connectivity index is 1.69. The van der Waals surface area contributed by atoms with Crippen LogP contribution in [0.4, 0.5) is 0 Å². The highest BCUT2D eigenvalue weighted by Gasteiger charge is 2.17. The Hall–Kier alpha value is -2.47. The van der Waals surface area contributed by atoms with E-state index < -0.39 is 5.97 Å². The number of fused-ring (bicyclic) bond motifs is 2. The van der Waals surface area contributed by atoms with Crippen LogP contribution in [0, 0.1) is 0 Å². The summed E-state index contributed by atoms with van der Waals surface area (Å²) in [6.45, 7) is 0.713. The maximum absolute atomic E-state index is 12.4. The van der Waals surface area contributed by atoms with Crippen LogP contribution in [0.25, 0.3) is 10.9 Å². The highest BCUT2D eigenvalue weighted by Crippen LogP contribution is 2.19. The van der Waals surface area contributed by atoms with E-state index in [0.717, 1.165) is 23.1 Å². The predicted molar refractivity (Wildman–Crippen MR) is 93.4 cm³/mol. The highest BCUT2D eigenvalue weighted by molar-refractivity contribution is 9.10. The second-order valence-electron chi connectivity index (χ2n) is 5.66. The highest BCUT2D eigenvalue weighted by atomic mass is 79.9. The summed E-state index contributed by atoms with van der Waals surface area (Å²) in [6.07, 6.45) is 1.72. The van der Waals surface area contributed by atoms with E-state index in [1.807, 2.05) is 0 Å². The largest absolute Gasteiger partial charge is 0.423 e. The maximum atomic E-state index is 12.4. The summed E-state index contributed by atoms with van der Waals surface area (Å²) in [5.41, 5.74) is 0.874. The molecule has 0 saturated heterocycles. The Bertz CT molecular complexity index is 1010. The van der Waals surface area contributed by atoms with E-state index in [2.05, 4.69) is 20.9 Å². The monoisotopic (exact) mass is 384 g/mol. The van der Waals surface area contributed by atoms with Gasteiger partial charge in [-0.2, -0.15) is 0 Å². The Labute approximate surface area is 146 Å². The molecule has 120 valence electrons. The molecule has 6 heteroatoms. The molecule has 1 aliphatic rings. The zero-order chi connectivity index (χ0) is 16.7. The van der Waals surface area contributed by atoms with Crippen molar-refractivity contribution in [2.45, 2.75) is 19.4 Å². The molecule has 1 aromatic heterocycles. The molecule has 1 aliphatic heterocycles. The number of aryl methyl sites for hydroxylation is 1. The molecule has 0 unspecified atom stereocenters. The summed E-state index contributed by atoms with van der Waals surface area (Å²) in [7, 11) is 0. The third-order valence-electron chi connectivity index (χ3n) is 4.08. The summed E-state index contributed by atoms with van der Waals surface area (Å²) in [4.78, 5) is 29.3. The van der Waals surface area contributed by atoms with Gasteiger partial charge in [-0.15, -0.1) is 0 Å². The summed E-state index contributed by atoms with van der Waals surface area (Å²) >= 11 is 3.33. The molecule has 0 bridgehead atoms. The first-order valence-corrected chi connectivity index (χ1v) is 8.42. The van der Waals surface area contributed by atoms with E-state index in [1.54, 1.807) is 47.0 Å². The molecule has 2 heterocycles. The number of halogens is 1. The van der Waals surface area contributed by atoms with Gasteiger partial charge in [0.05, 0.1) is 16.5 Å². The van der Waals surface area contributed by atoms with Gasteiger partial charge in [0, 0.05) is 17.4 Å². The van der Waals surface area contributed by atoms with Crippen LogP contribution in [0.5, 0.6) is 5.75 Å². The minimum Gasteiger partial charge on any atom is -0.423 e. The van der Waals surface area contributed by atoms with Crippen molar-refractivity contribution in [1.82, 2.24) is 9.55 Å². The minimum absolute atomic E-state index is 0.0414. The molecule has 0 fully saturated rings. The zero-order valence-corrected chi connectivity index (χ0v) is 14.2. The molecule has 24 heavy (non-hydrogen) atoms. The summed E-state index contributed by atoms with van der Waals surface area (Å²) < 4.78 is 7.98. The number of carbonyl (C=O) groups excluding carboxylic acids is 1. The summed E-state index contributed by atoms with van der Waals surface area (Å²) in [5.74, 6) is 0.776. The fourth-order valence-corrected chi connectivity index (χ4v) is 3.14. The number of hydrogen-bond donors (Lipinski definition) is 0. The van der Waals surface area contributed by atoms with Crippen molar-refractivity contribution in [3.63, 3.8) is 0 Å². The third-order valence-corrected chi connectivity index (χ3v) is 4.61. The lowest BCUT2D eigenvalue weighted by atomic mass is 10.1. The Morgan fingerprint density at radius 1 is 1.17 bits per heavy atom. The molecule has 0 spiro atoms. The van der Waals surface area contributed by atoms with Crippen molar-refractivity contribution >= 4 is 32.8 Å². The van der Waals surface area contributed by atoms with E-state index in [-0.39, 0.29) is 5.56 Å². The molecular weight excluding hydrogens is 372 g/mol. The number of rotatable bonds is 2. The van der Waals surface area contributed by atoms with E-state index >= 15 is 0 Å². The molecule has 5 nitrogen and oxygen atoms in total. The van der Waals surface area contributed by atoms with Crippen LogP contribution in [0.2, 0.25) is 0 Å². The van der Waals surface area contributed by atoms with Gasteiger partial charge in [0.2, 0.25) is 0 Å². The van der Waals surface area contributed by atoms with Gasteiger partial charge in [-0.3, -0.25) is 9.36 Å². The molecule has 0 saturated carbocycles. The minimum atomic E-state index is -0.471. The van der Waals surface area contributed by atoms with Gasteiger partial charge in [-0.05, 0) is 48.9 Å². The molecule has 4 rings (SSSR count). The first kappa shape index (κ1) is 15.1. The number of aromatic nitrogens is 2. The molecule has 3 aromatic rings. The average Bonchev–Trinajstić information content (AvgIpc) is 3.05. The van der Waals surface area contributed by atoms with Crippen molar-refractivity contribution < 1.29 is 9.53 Å². The number of ether oxygens (including phenoxy) is 1. The van der Waals surface area contributed by atoms with Gasteiger partial charge in [0.1, 0.15) is 11.6 Å².